The average molecular weight is 386 g/mol. The van der Waals surface area contributed by atoms with Crippen LogP contribution >= 0.6 is 0 Å². The van der Waals surface area contributed by atoms with Crippen molar-refractivity contribution in [2.45, 2.75) is 20.8 Å². The molecule has 146 valence electrons. The number of nitrogens with zero attached hydrogens (tertiary/aromatic N) is 2. The molecular formula is C24H22N2O3. The van der Waals surface area contributed by atoms with E-state index >= 15 is 0 Å². The number of anilines is 1. The van der Waals surface area contributed by atoms with Crippen LogP contribution in [0.2, 0.25) is 0 Å². The summed E-state index contributed by atoms with van der Waals surface area (Å²) in [7, 11) is 0. The molecule has 1 aromatic heterocycles. The fourth-order valence-electron chi connectivity index (χ4n) is 4.00. The Morgan fingerprint density at radius 1 is 1.07 bits per heavy atom. The lowest BCUT2D eigenvalue weighted by atomic mass is 10.0. The normalized spacial score (nSPS) is 14.5. The number of carbonyl (C=O) groups excluding carboxylic acids is 1. The maximum Gasteiger partial charge on any atom is 0.335 e. The largest absolute Gasteiger partial charge is 0.478 e. The van der Waals surface area contributed by atoms with Crippen LogP contribution in [0.3, 0.4) is 0 Å². The number of benzene rings is 2. The van der Waals surface area contributed by atoms with Gasteiger partial charge in [0.15, 0.2) is 0 Å². The number of para-hydroxylation sites is 1. The number of amides is 1. The zero-order chi connectivity index (χ0) is 20.7. The summed E-state index contributed by atoms with van der Waals surface area (Å²) >= 11 is 0. The van der Waals surface area contributed by atoms with Crippen molar-refractivity contribution in [3.8, 4) is 5.69 Å². The number of aryl methyl sites for hydroxylation is 1. The molecule has 0 aliphatic carbocycles. The summed E-state index contributed by atoms with van der Waals surface area (Å²) in [6, 6.07) is 16.7. The van der Waals surface area contributed by atoms with Gasteiger partial charge in [-0.1, -0.05) is 18.2 Å². The molecule has 5 heteroatoms. The van der Waals surface area contributed by atoms with Crippen LogP contribution in [0.4, 0.5) is 5.69 Å². The van der Waals surface area contributed by atoms with Gasteiger partial charge in [0, 0.05) is 34.8 Å². The van der Waals surface area contributed by atoms with E-state index in [9.17, 15) is 9.59 Å². The highest BCUT2D eigenvalue weighted by molar-refractivity contribution is 6.35. The van der Waals surface area contributed by atoms with Gasteiger partial charge in [-0.2, -0.15) is 0 Å². The summed E-state index contributed by atoms with van der Waals surface area (Å²) < 4.78 is 2.07. The smallest absolute Gasteiger partial charge is 0.335 e. The first-order chi connectivity index (χ1) is 13.9. The van der Waals surface area contributed by atoms with Crippen LogP contribution in [0.25, 0.3) is 17.3 Å². The Bertz CT molecular complexity index is 1150. The van der Waals surface area contributed by atoms with Gasteiger partial charge in [-0.3, -0.25) is 4.79 Å². The second-order valence-corrected chi connectivity index (χ2v) is 7.14. The monoisotopic (exact) mass is 386 g/mol. The lowest BCUT2D eigenvalue weighted by molar-refractivity contribution is -0.112. The van der Waals surface area contributed by atoms with Crippen molar-refractivity contribution in [1.82, 2.24) is 4.57 Å². The van der Waals surface area contributed by atoms with Crippen LogP contribution in [-0.4, -0.2) is 28.1 Å². The fraction of sp³-hybridized carbons (Fsp3) is 0.167. The van der Waals surface area contributed by atoms with Crippen molar-refractivity contribution in [2.75, 3.05) is 11.4 Å². The van der Waals surface area contributed by atoms with Gasteiger partial charge in [0.2, 0.25) is 0 Å². The predicted octanol–water partition coefficient (Wildman–Crippen LogP) is 4.70. The lowest BCUT2D eigenvalue weighted by Gasteiger charge is -2.13. The van der Waals surface area contributed by atoms with E-state index < -0.39 is 5.97 Å². The summed E-state index contributed by atoms with van der Waals surface area (Å²) in [4.78, 5) is 25.9. The molecule has 0 unspecified atom stereocenters. The van der Waals surface area contributed by atoms with E-state index in [1.165, 1.54) is 0 Å². The molecule has 2 heterocycles. The summed E-state index contributed by atoms with van der Waals surface area (Å²) in [5, 5.41) is 9.12. The molecule has 5 nitrogen and oxygen atoms in total. The minimum absolute atomic E-state index is 0.0179. The van der Waals surface area contributed by atoms with Crippen LogP contribution in [0.15, 0.2) is 54.6 Å². The summed E-state index contributed by atoms with van der Waals surface area (Å²) in [6.07, 6.45) is 1.96. The quantitative estimate of drug-likeness (QED) is 0.661. The highest BCUT2D eigenvalue weighted by Crippen LogP contribution is 2.38. The number of carboxylic acid groups (broad SMARTS) is 1. The Balaban J connectivity index is 1.79. The molecule has 3 aromatic rings. The Labute approximate surface area is 169 Å². The third-order valence-electron chi connectivity index (χ3n) is 5.42. The number of carboxylic acids is 1. The van der Waals surface area contributed by atoms with Crippen molar-refractivity contribution >= 4 is 29.2 Å². The van der Waals surface area contributed by atoms with E-state index in [0.717, 1.165) is 33.9 Å². The standard InChI is InChI=1S/C24H22N2O3/c1-4-25-22-8-6-5-7-20(22)21(23(25)27)14-18-13-15(2)26(16(18)3)19-11-9-17(10-12-19)24(28)29/h5-14H,4H2,1-3H3,(H,28,29)/b21-14+. The average Bonchev–Trinajstić information content (AvgIpc) is 3.15. The third-order valence-corrected chi connectivity index (χ3v) is 5.42. The highest BCUT2D eigenvalue weighted by Gasteiger charge is 2.31. The van der Waals surface area contributed by atoms with Gasteiger partial charge in [-0.25, -0.2) is 4.79 Å². The van der Waals surface area contributed by atoms with Crippen molar-refractivity contribution in [1.29, 1.82) is 0 Å². The number of rotatable bonds is 4. The van der Waals surface area contributed by atoms with Gasteiger partial charge >= 0.3 is 5.97 Å². The zero-order valence-electron chi connectivity index (χ0n) is 16.6. The van der Waals surface area contributed by atoms with Crippen LogP contribution < -0.4 is 4.90 Å². The maximum atomic E-state index is 13.0. The second-order valence-electron chi connectivity index (χ2n) is 7.14. The first-order valence-electron chi connectivity index (χ1n) is 9.58. The number of hydrogen-bond donors (Lipinski definition) is 1. The van der Waals surface area contributed by atoms with Crippen LogP contribution in [0.5, 0.6) is 0 Å². The number of aromatic carboxylic acids is 1. The van der Waals surface area contributed by atoms with Crippen molar-refractivity contribution < 1.29 is 14.7 Å². The zero-order valence-corrected chi connectivity index (χ0v) is 16.6. The molecule has 0 atom stereocenters. The lowest BCUT2D eigenvalue weighted by Crippen LogP contribution is -2.25. The maximum absolute atomic E-state index is 13.0. The summed E-state index contributed by atoms with van der Waals surface area (Å²) in [5.41, 5.74) is 6.74. The van der Waals surface area contributed by atoms with Gasteiger partial charge in [0.05, 0.1) is 11.3 Å². The van der Waals surface area contributed by atoms with Crippen LogP contribution in [0, 0.1) is 13.8 Å². The molecule has 1 N–H and O–H groups in total. The molecule has 0 fully saturated rings. The van der Waals surface area contributed by atoms with Gasteiger partial charge in [0.1, 0.15) is 0 Å². The van der Waals surface area contributed by atoms with Gasteiger partial charge in [0.25, 0.3) is 5.91 Å². The molecule has 0 bridgehead atoms. The number of likely N-dealkylation sites (N-methyl/N-ethyl adjacent to an activating group) is 1. The molecule has 0 saturated heterocycles. The minimum Gasteiger partial charge on any atom is -0.478 e. The molecule has 0 radical (unpaired) electrons. The molecule has 2 aromatic carbocycles. The summed E-state index contributed by atoms with van der Waals surface area (Å²) in [6.45, 7) is 6.61. The molecular weight excluding hydrogens is 364 g/mol. The van der Waals surface area contributed by atoms with E-state index in [0.29, 0.717) is 12.1 Å². The van der Waals surface area contributed by atoms with Crippen molar-refractivity contribution in [3.63, 3.8) is 0 Å². The van der Waals surface area contributed by atoms with Gasteiger partial charge in [-0.15, -0.1) is 0 Å². The predicted molar refractivity (Wildman–Crippen MR) is 115 cm³/mol. The number of hydrogen-bond acceptors (Lipinski definition) is 2. The third kappa shape index (κ3) is 3.05. The number of fused-ring (bicyclic) bond motifs is 1. The Morgan fingerprint density at radius 2 is 1.76 bits per heavy atom. The van der Waals surface area contributed by atoms with Crippen molar-refractivity contribution in [3.05, 3.63) is 82.7 Å². The molecule has 1 aliphatic rings. The topological polar surface area (TPSA) is 62.5 Å². The first kappa shape index (κ1) is 18.7. The molecule has 1 amide bonds. The van der Waals surface area contributed by atoms with Crippen molar-refractivity contribution in [2.24, 2.45) is 0 Å². The Morgan fingerprint density at radius 3 is 2.41 bits per heavy atom. The second kappa shape index (κ2) is 7.09. The molecule has 1 aliphatic heterocycles. The van der Waals surface area contributed by atoms with Gasteiger partial charge < -0.3 is 14.6 Å². The van der Waals surface area contributed by atoms with E-state index in [-0.39, 0.29) is 11.5 Å². The highest BCUT2D eigenvalue weighted by atomic mass is 16.4. The van der Waals surface area contributed by atoms with E-state index in [4.69, 9.17) is 5.11 Å². The van der Waals surface area contributed by atoms with Gasteiger partial charge in [-0.05, 0) is 68.8 Å². The van der Waals surface area contributed by atoms with E-state index in [2.05, 4.69) is 10.6 Å². The number of aromatic nitrogens is 1. The molecule has 0 spiro atoms. The summed E-state index contributed by atoms with van der Waals surface area (Å²) in [5.74, 6) is -0.925. The van der Waals surface area contributed by atoms with E-state index in [1.807, 2.05) is 51.1 Å². The Hall–Kier alpha value is -3.60. The van der Waals surface area contributed by atoms with Crippen LogP contribution in [0.1, 0.15) is 39.8 Å². The number of carbonyl (C=O) groups is 2. The van der Waals surface area contributed by atoms with Crippen LogP contribution in [-0.2, 0) is 4.79 Å². The Kier molecular flexibility index (Phi) is 4.59. The SMILES string of the molecule is CCN1C(=O)/C(=C/c2cc(C)n(-c3ccc(C(=O)O)cc3)c2C)c2ccccc21. The minimum atomic E-state index is -0.943. The van der Waals surface area contributed by atoms with E-state index in [1.54, 1.807) is 29.2 Å². The first-order valence-corrected chi connectivity index (χ1v) is 9.58. The molecule has 29 heavy (non-hydrogen) atoms. The molecule has 0 saturated carbocycles. The molecule has 4 rings (SSSR count). The fourth-order valence-corrected chi connectivity index (χ4v) is 4.00.